The van der Waals surface area contributed by atoms with Crippen molar-refractivity contribution in [2.75, 3.05) is 13.1 Å². The van der Waals surface area contributed by atoms with Gasteiger partial charge in [-0.3, -0.25) is 4.79 Å². The second kappa shape index (κ2) is 8.21. The van der Waals surface area contributed by atoms with Crippen LogP contribution in [0.25, 0.3) is 0 Å². The zero-order chi connectivity index (χ0) is 19.4. The number of nitrogens with one attached hydrogen (secondary N) is 1. The Morgan fingerprint density at radius 3 is 2.22 bits per heavy atom. The summed E-state index contributed by atoms with van der Waals surface area (Å²) < 4.78 is 32.7. The normalized spacial score (nSPS) is 21.0. The minimum absolute atomic E-state index is 0.147. The third kappa shape index (κ3) is 4.74. The van der Waals surface area contributed by atoms with Crippen molar-refractivity contribution < 1.29 is 17.9 Å². The van der Waals surface area contributed by atoms with Gasteiger partial charge in [0, 0.05) is 25.2 Å². The summed E-state index contributed by atoms with van der Waals surface area (Å²) in [5.74, 6) is -0.239. The van der Waals surface area contributed by atoms with E-state index in [0.29, 0.717) is 25.2 Å². The van der Waals surface area contributed by atoms with Gasteiger partial charge in [0.1, 0.15) is 0 Å². The first-order valence-electron chi connectivity index (χ1n) is 8.94. The summed E-state index contributed by atoms with van der Waals surface area (Å²) in [4.78, 5) is 12.5. The number of sulfonamides is 1. The van der Waals surface area contributed by atoms with Gasteiger partial charge in [0.25, 0.3) is 5.91 Å². The Morgan fingerprint density at radius 1 is 1.04 bits per heavy atom. The quantitative estimate of drug-likeness (QED) is 0.854. The average Bonchev–Trinajstić information content (AvgIpc) is 2.66. The molecule has 27 heavy (non-hydrogen) atoms. The van der Waals surface area contributed by atoms with Crippen molar-refractivity contribution in [3.63, 3.8) is 0 Å². The van der Waals surface area contributed by atoms with E-state index in [1.165, 1.54) is 16.4 Å². The van der Waals surface area contributed by atoms with Gasteiger partial charge in [-0.15, -0.1) is 0 Å². The van der Waals surface area contributed by atoms with Crippen LogP contribution in [-0.2, 0) is 21.3 Å². The largest absolute Gasteiger partial charge is 0.373 e. The molecule has 0 bridgehead atoms. The van der Waals surface area contributed by atoms with Crippen LogP contribution in [-0.4, -0.2) is 43.9 Å². The molecule has 0 radical (unpaired) electrons. The zero-order valence-electron chi connectivity index (χ0n) is 15.5. The average molecular weight is 388 g/mol. The molecule has 1 N–H and O–H groups in total. The highest BCUT2D eigenvalue weighted by Gasteiger charge is 2.32. The van der Waals surface area contributed by atoms with Crippen LogP contribution >= 0.6 is 0 Å². The molecule has 2 atom stereocenters. The number of benzene rings is 2. The Hall–Kier alpha value is -2.22. The van der Waals surface area contributed by atoms with Crippen molar-refractivity contribution in [1.29, 1.82) is 0 Å². The smallest absolute Gasteiger partial charge is 0.251 e. The highest BCUT2D eigenvalue weighted by atomic mass is 32.2. The van der Waals surface area contributed by atoms with Crippen molar-refractivity contribution in [3.8, 4) is 0 Å². The maximum atomic E-state index is 12.8. The number of nitrogens with zero attached hydrogens (tertiary/aromatic N) is 1. The summed E-state index contributed by atoms with van der Waals surface area (Å²) in [7, 11) is -3.60. The predicted octanol–water partition coefficient (Wildman–Crippen LogP) is 2.41. The molecule has 1 amide bonds. The number of amides is 1. The lowest BCUT2D eigenvalue weighted by atomic mass is 10.2. The van der Waals surface area contributed by atoms with E-state index in [9.17, 15) is 13.2 Å². The number of rotatable bonds is 5. The van der Waals surface area contributed by atoms with Gasteiger partial charge in [-0.2, -0.15) is 4.31 Å². The number of hydrogen-bond donors (Lipinski definition) is 1. The molecule has 2 aromatic rings. The Kier molecular flexibility index (Phi) is 5.94. The van der Waals surface area contributed by atoms with Crippen molar-refractivity contribution in [3.05, 3.63) is 65.7 Å². The monoisotopic (exact) mass is 388 g/mol. The Balaban J connectivity index is 1.68. The van der Waals surface area contributed by atoms with E-state index >= 15 is 0 Å². The van der Waals surface area contributed by atoms with Gasteiger partial charge in [0.2, 0.25) is 10.0 Å². The topological polar surface area (TPSA) is 75.7 Å². The molecular weight excluding hydrogens is 364 g/mol. The summed E-state index contributed by atoms with van der Waals surface area (Å²) >= 11 is 0. The highest BCUT2D eigenvalue weighted by molar-refractivity contribution is 7.89. The summed E-state index contributed by atoms with van der Waals surface area (Å²) in [5.41, 5.74) is 1.43. The van der Waals surface area contributed by atoms with Gasteiger partial charge in [0.15, 0.2) is 0 Å². The fraction of sp³-hybridized carbons (Fsp3) is 0.350. The van der Waals surface area contributed by atoms with E-state index in [4.69, 9.17) is 4.74 Å². The highest BCUT2D eigenvalue weighted by Crippen LogP contribution is 2.21. The number of carbonyl (C=O) groups excluding carboxylic acids is 1. The third-order valence-electron chi connectivity index (χ3n) is 4.44. The zero-order valence-corrected chi connectivity index (χ0v) is 16.3. The fourth-order valence-corrected chi connectivity index (χ4v) is 4.73. The van der Waals surface area contributed by atoms with Crippen molar-refractivity contribution >= 4 is 15.9 Å². The van der Waals surface area contributed by atoms with Crippen LogP contribution in [0.4, 0.5) is 0 Å². The first-order chi connectivity index (χ1) is 12.9. The van der Waals surface area contributed by atoms with E-state index in [-0.39, 0.29) is 23.0 Å². The Bertz CT molecular complexity index is 872. The summed E-state index contributed by atoms with van der Waals surface area (Å²) in [5, 5.41) is 2.83. The molecule has 3 rings (SSSR count). The van der Waals surface area contributed by atoms with E-state index in [1.807, 2.05) is 44.2 Å². The molecule has 1 fully saturated rings. The molecule has 0 aliphatic carbocycles. The second-order valence-corrected chi connectivity index (χ2v) is 8.71. The van der Waals surface area contributed by atoms with Crippen molar-refractivity contribution in [2.45, 2.75) is 37.5 Å². The fourth-order valence-electron chi connectivity index (χ4n) is 3.13. The molecule has 1 heterocycles. The first-order valence-corrected chi connectivity index (χ1v) is 10.4. The van der Waals surface area contributed by atoms with E-state index in [1.54, 1.807) is 12.1 Å². The van der Waals surface area contributed by atoms with Gasteiger partial charge in [-0.25, -0.2) is 8.42 Å². The molecule has 0 spiro atoms. The summed E-state index contributed by atoms with van der Waals surface area (Å²) in [6.07, 6.45) is -0.293. The van der Waals surface area contributed by atoms with Gasteiger partial charge in [-0.1, -0.05) is 30.3 Å². The van der Waals surface area contributed by atoms with Crippen LogP contribution in [0.3, 0.4) is 0 Å². The molecule has 1 aliphatic rings. The van der Waals surface area contributed by atoms with Crippen LogP contribution in [0.5, 0.6) is 0 Å². The van der Waals surface area contributed by atoms with Gasteiger partial charge < -0.3 is 10.1 Å². The van der Waals surface area contributed by atoms with E-state index in [0.717, 1.165) is 5.56 Å². The number of hydrogen-bond acceptors (Lipinski definition) is 4. The maximum Gasteiger partial charge on any atom is 0.251 e. The molecule has 2 aromatic carbocycles. The van der Waals surface area contributed by atoms with Crippen LogP contribution in [0.1, 0.15) is 29.8 Å². The lowest BCUT2D eigenvalue weighted by Gasteiger charge is -2.34. The standard InChI is InChI=1S/C20H24N2O4S/c1-15-13-22(14-16(2)26-15)27(24,25)19-10-8-18(9-11-19)20(23)21-12-17-6-4-3-5-7-17/h3-11,15-16H,12-14H2,1-2H3,(H,21,23). The summed E-state index contributed by atoms with van der Waals surface area (Å²) in [6.45, 7) is 4.79. The molecule has 7 heteroatoms. The van der Waals surface area contributed by atoms with Gasteiger partial charge in [-0.05, 0) is 43.7 Å². The van der Waals surface area contributed by atoms with Crippen LogP contribution in [0.2, 0.25) is 0 Å². The molecule has 0 saturated carbocycles. The molecule has 6 nitrogen and oxygen atoms in total. The SMILES string of the molecule is CC1CN(S(=O)(=O)c2ccc(C(=O)NCc3ccccc3)cc2)CC(C)O1. The molecule has 144 valence electrons. The van der Waals surface area contributed by atoms with Crippen molar-refractivity contribution in [1.82, 2.24) is 9.62 Å². The first kappa shape index (κ1) is 19.5. The molecule has 1 saturated heterocycles. The summed E-state index contributed by atoms with van der Waals surface area (Å²) in [6, 6.07) is 15.7. The number of carbonyl (C=O) groups is 1. The van der Waals surface area contributed by atoms with Crippen LogP contribution < -0.4 is 5.32 Å². The second-order valence-electron chi connectivity index (χ2n) is 6.77. The van der Waals surface area contributed by atoms with Crippen LogP contribution in [0.15, 0.2) is 59.5 Å². The Morgan fingerprint density at radius 2 is 1.63 bits per heavy atom. The van der Waals surface area contributed by atoms with E-state index < -0.39 is 10.0 Å². The number of ether oxygens (including phenoxy) is 1. The lowest BCUT2D eigenvalue weighted by Crippen LogP contribution is -2.48. The van der Waals surface area contributed by atoms with Gasteiger partial charge >= 0.3 is 0 Å². The third-order valence-corrected chi connectivity index (χ3v) is 6.28. The molecular formula is C20H24N2O4S. The van der Waals surface area contributed by atoms with Gasteiger partial charge in [0.05, 0.1) is 17.1 Å². The predicted molar refractivity (Wildman–Crippen MR) is 103 cm³/mol. The minimum Gasteiger partial charge on any atom is -0.373 e. The molecule has 2 unspecified atom stereocenters. The molecule has 0 aromatic heterocycles. The molecule has 1 aliphatic heterocycles. The van der Waals surface area contributed by atoms with Crippen molar-refractivity contribution in [2.24, 2.45) is 0 Å². The number of morpholine rings is 1. The van der Waals surface area contributed by atoms with Crippen LogP contribution in [0, 0.1) is 0 Å². The lowest BCUT2D eigenvalue weighted by molar-refractivity contribution is -0.0440. The maximum absolute atomic E-state index is 12.8. The minimum atomic E-state index is -3.60. The Labute approximate surface area is 160 Å². The van der Waals surface area contributed by atoms with E-state index in [2.05, 4.69) is 5.32 Å².